The minimum absolute atomic E-state index is 0.0510. The third-order valence-electron chi connectivity index (χ3n) is 4.26. The zero-order chi connectivity index (χ0) is 12.0. The van der Waals surface area contributed by atoms with E-state index in [0.29, 0.717) is 6.42 Å². The summed E-state index contributed by atoms with van der Waals surface area (Å²) in [6.45, 7) is 2.17. The quantitative estimate of drug-likeness (QED) is 0.794. The maximum Gasteiger partial charge on any atom is 0.223 e. The number of carbonyl (C=O) groups is 1. The molecule has 2 aliphatic rings. The molecule has 1 aromatic carbocycles. The predicted octanol–water partition coefficient (Wildman–Crippen LogP) is 1.44. The summed E-state index contributed by atoms with van der Waals surface area (Å²) in [5.41, 5.74) is 2.33. The van der Waals surface area contributed by atoms with Crippen LogP contribution >= 0.6 is 0 Å². The lowest BCUT2D eigenvalue weighted by molar-refractivity contribution is -0.135. The molecule has 0 unspecified atom stereocenters. The van der Waals surface area contributed by atoms with Crippen molar-refractivity contribution in [2.45, 2.75) is 37.8 Å². The summed E-state index contributed by atoms with van der Waals surface area (Å²) >= 11 is 0. The Morgan fingerprint density at radius 3 is 3.00 bits per heavy atom. The third-order valence-corrected chi connectivity index (χ3v) is 4.26. The Morgan fingerprint density at radius 1 is 1.47 bits per heavy atom. The average Bonchev–Trinajstić information content (AvgIpc) is 2.66. The van der Waals surface area contributed by atoms with Crippen LogP contribution in [-0.4, -0.2) is 28.6 Å². The van der Waals surface area contributed by atoms with Crippen molar-refractivity contribution in [3.8, 4) is 0 Å². The number of rotatable bonds is 1. The summed E-state index contributed by atoms with van der Waals surface area (Å²) in [7, 11) is 0. The topological polar surface area (TPSA) is 40.5 Å². The van der Waals surface area contributed by atoms with Gasteiger partial charge in [-0.2, -0.15) is 0 Å². The van der Waals surface area contributed by atoms with Gasteiger partial charge in [0.05, 0.1) is 18.2 Å². The normalized spacial score (nSPS) is 31.3. The van der Waals surface area contributed by atoms with E-state index in [-0.39, 0.29) is 24.1 Å². The lowest BCUT2D eigenvalue weighted by atomic mass is 9.79. The van der Waals surface area contributed by atoms with Crippen LogP contribution < -0.4 is 0 Å². The van der Waals surface area contributed by atoms with Crippen LogP contribution in [0, 0.1) is 0 Å². The summed E-state index contributed by atoms with van der Waals surface area (Å²) in [4.78, 5) is 13.9. The van der Waals surface area contributed by atoms with Crippen LogP contribution in [0.25, 0.3) is 0 Å². The zero-order valence-electron chi connectivity index (χ0n) is 10.0. The number of carbonyl (C=O) groups excluding carboxylic acids is 1. The molecule has 1 fully saturated rings. The van der Waals surface area contributed by atoms with Gasteiger partial charge in [-0.3, -0.25) is 4.79 Å². The monoisotopic (exact) mass is 231 g/mol. The largest absolute Gasteiger partial charge is 0.394 e. The second kappa shape index (κ2) is 3.57. The molecule has 1 saturated heterocycles. The van der Waals surface area contributed by atoms with Gasteiger partial charge in [0.15, 0.2) is 0 Å². The number of aliphatic hydroxyl groups excluding tert-OH is 1. The highest BCUT2D eigenvalue weighted by molar-refractivity contribution is 5.81. The predicted molar refractivity (Wildman–Crippen MR) is 64.5 cm³/mol. The number of amides is 1. The molecule has 0 radical (unpaired) electrons. The summed E-state index contributed by atoms with van der Waals surface area (Å²) in [5, 5.41) is 9.50. The highest BCUT2D eigenvalue weighted by Crippen LogP contribution is 2.45. The van der Waals surface area contributed by atoms with Crippen molar-refractivity contribution in [3.63, 3.8) is 0 Å². The Morgan fingerprint density at radius 2 is 2.24 bits per heavy atom. The van der Waals surface area contributed by atoms with Crippen LogP contribution in [0.2, 0.25) is 0 Å². The highest BCUT2D eigenvalue weighted by Gasteiger charge is 2.49. The first-order valence-electron chi connectivity index (χ1n) is 6.18. The Kier molecular flexibility index (Phi) is 2.26. The van der Waals surface area contributed by atoms with Crippen molar-refractivity contribution in [3.05, 3.63) is 35.4 Å². The Hall–Kier alpha value is -1.35. The van der Waals surface area contributed by atoms with Gasteiger partial charge in [0.1, 0.15) is 0 Å². The van der Waals surface area contributed by atoms with E-state index in [1.54, 1.807) is 0 Å². The smallest absolute Gasteiger partial charge is 0.223 e. The summed E-state index contributed by atoms with van der Waals surface area (Å²) < 4.78 is 0. The van der Waals surface area contributed by atoms with Gasteiger partial charge >= 0.3 is 0 Å². The van der Waals surface area contributed by atoms with Crippen molar-refractivity contribution in [2.24, 2.45) is 0 Å². The minimum atomic E-state index is -0.209. The van der Waals surface area contributed by atoms with E-state index in [2.05, 4.69) is 19.1 Å². The Bertz CT molecular complexity index is 471. The van der Waals surface area contributed by atoms with Crippen molar-refractivity contribution >= 4 is 5.91 Å². The maximum atomic E-state index is 12.0. The number of benzene rings is 1. The molecule has 1 N–H and O–H groups in total. The van der Waals surface area contributed by atoms with E-state index in [0.717, 1.165) is 12.8 Å². The Labute approximate surface area is 101 Å². The molecule has 0 aliphatic carbocycles. The molecular weight excluding hydrogens is 214 g/mol. The molecule has 0 bridgehead atoms. The summed E-state index contributed by atoms with van der Waals surface area (Å²) in [5.74, 6) is 0.182. The van der Waals surface area contributed by atoms with Gasteiger partial charge in [0, 0.05) is 6.42 Å². The SMILES string of the molecule is C[C@@]12CCC(=O)N1[C@H](CO)Cc1ccccc12. The first-order valence-corrected chi connectivity index (χ1v) is 6.18. The molecule has 2 heterocycles. The maximum absolute atomic E-state index is 12.0. The average molecular weight is 231 g/mol. The van der Waals surface area contributed by atoms with Crippen molar-refractivity contribution in [1.29, 1.82) is 0 Å². The van der Waals surface area contributed by atoms with Crippen LogP contribution in [0.3, 0.4) is 0 Å². The van der Waals surface area contributed by atoms with E-state index in [4.69, 9.17) is 0 Å². The van der Waals surface area contributed by atoms with Gasteiger partial charge in [0.25, 0.3) is 0 Å². The molecule has 2 aliphatic heterocycles. The van der Waals surface area contributed by atoms with Gasteiger partial charge in [0.2, 0.25) is 5.91 Å². The van der Waals surface area contributed by atoms with Crippen molar-refractivity contribution in [2.75, 3.05) is 6.61 Å². The van der Waals surface area contributed by atoms with Crippen LogP contribution in [0.15, 0.2) is 24.3 Å². The minimum Gasteiger partial charge on any atom is -0.394 e. The number of aliphatic hydroxyl groups is 1. The van der Waals surface area contributed by atoms with E-state index in [1.807, 2.05) is 17.0 Å². The Balaban J connectivity index is 2.16. The first kappa shape index (κ1) is 10.8. The van der Waals surface area contributed by atoms with Gasteiger partial charge in [-0.05, 0) is 30.9 Å². The van der Waals surface area contributed by atoms with Crippen molar-refractivity contribution in [1.82, 2.24) is 4.90 Å². The molecule has 90 valence electrons. The van der Waals surface area contributed by atoms with E-state index in [9.17, 15) is 9.90 Å². The molecule has 1 amide bonds. The van der Waals surface area contributed by atoms with Crippen molar-refractivity contribution < 1.29 is 9.90 Å². The van der Waals surface area contributed by atoms with Gasteiger partial charge in [-0.1, -0.05) is 24.3 Å². The molecule has 3 rings (SSSR count). The fourth-order valence-electron chi connectivity index (χ4n) is 3.45. The van der Waals surface area contributed by atoms with E-state index in [1.165, 1.54) is 11.1 Å². The number of nitrogens with zero attached hydrogens (tertiary/aromatic N) is 1. The third kappa shape index (κ3) is 1.35. The van der Waals surface area contributed by atoms with E-state index >= 15 is 0 Å². The molecular formula is C14H17NO2. The molecule has 0 saturated carbocycles. The molecule has 1 aromatic rings. The van der Waals surface area contributed by atoms with E-state index < -0.39 is 0 Å². The van der Waals surface area contributed by atoms with Crippen LogP contribution in [0.5, 0.6) is 0 Å². The second-order valence-electron chi connectivity index (χ2n) is 5.24. The molecule has 0 spiro atoms. The summed E-state index contributed by atoms with van der Waals surface area (Å²) in [6.07, 6.45) is 2.23. The number of hydrogen-bond donors (Lipinski definition) is 1. The second-order valence-corrected chi connectivity index (χ2v) is 5.24. The zero-order valence-corrected chi connectivity index (χ0v) is 10.0. The molecule has 3 heteroatoms. The lowest BCUT2D eigenvalue weighted by Crippen LogP contribution is -2.53. The van der Waals surface area contributed by atoms with Gasteiger partial charge < -0.3 is 10.0 Å². The van der Waals surface area contributed by atoms with Crippen LogP contribution in [0.1, 0.15) is 30.9 Å². The standard InChI is InChI=1S/C14H17NO2/c1-14-7-6-13(17)15(14)11(9-16)8-10-4-2-3-5-12(10)14/h2-5,11,16H,6-9H2,1H3/t11-,14-/m0/s1. The fraction of sp³-hybridized carbons (Fsp3) is 0.500. The fourth-order valence-corrected chi connectivity index (χ4v) is 3.45. The molecule has 2 atom stereocenters. The van der Waals surface area contributed by atoms with Crippen LogP contribution in [0.4, 0.5) is 0 Å². The van der Waals surface area contributed by atoms with Gasteiger partial charge in [-0.25, -0.2) is 0 Å². The summed E-state index contributed by atoms with van der Waals surface area (Å²) in [6, 6.07) is 8.25. The first-order chi connectivity index (χ1) is 8.16. The number of hydrogen-bond acceptors (Lipinski definition) is 2. The van der Waals surface area contributed by atoms with Gasteiger partial charge in [-0.15, -0.1) is 0 Å². The molecule has 17 heavy (non-hydrogen) atoms. The molecule has 0 aromatic heterocycles. The molecule has 3 nitrogen and oxygen atoms in total. The highest BCUT2D eigenvalue weighted by atomic mass is 16.3. The lowest BCUT2D eigenvalue weighted by Gasteiger charge is -2.46. The number of fused-ring (bicyclic) bond motifs is 3. The van der Waals surface area contributed by atoms with Crippen LogP contribution in [-0.2, 0) is 16.8 Å².